The van der Waals surface area contributed by atoms with Gasteiger partial charge < -0.3 is 23.9 Å². The predicted octanol–water partition coefficient (Wildman–Crippen LogP) is 6.20. The summed E-state index contributed by atoms with van der Waals surface area (Å²) >= 11 is 6.05. The van der Waals surface area contributed by atoms with Gasteiger partial charge in [0.2, 0.25) is 0 Å². The number of ether oxygens (including phenoxy) is 3. The third-order valence-electron chi connectivity index (χ3n) is 9.43. The van der Waals surface area contributed by atoms with Crippen molar-refractivity contribution < 1.29 is 24.1 Å². The number of benzene rings is 2. The summed E-state index contributed by atoms with van der Waals surface area (Å²) in [6.07, 6.45) is 5.96. The fourth-order valence-electron chi connectivity index (χ4n) is 7.30. The molecule has 8 nitrogen and oxygen atoms in total. The lowest BCUT2D eigenvalue weighted by Crippen LogP contribution is -2.32. The molecule has 2 aliphatic carbocycles. The monoisotopic (exact) mass is 571 g/mol. The molecule has 41 heavy (non-hydrogen) atoms. The molecule has 8 rings (SSSR count). The van der Waals surface area contributed by atoms with E-state index in [-0.39, 0.29) is 11.7 Å². The van der Waals surface area contributed by atoms with Crippen molar-refractivity contribution >= 4 is 28.6 Å². The van der Waals surface area contributed by atoms with Crippen LogP contribution in [0.4, 0.5) is 0 Å². The number of nitrogens with zero attached hydrogens (tertiary/aromatic N) is 3. The summed E-state index contributed by atoms with van der Waals surface area (Å²) in [4.78, 5) is 21.0. The Kier molecular flexibility index (Phi) is 5.63. The minimum absolute atomic E-state index is 0.164. The van der Waals surface area contributed by atoms with Crippen molar-refractivity contribution in [3.63, 3.8) is 0 Å². The van der Waals surface area contributed by atoms with E-state index in [9.17, 15) is 9.90 Å². The van der Waals surface area contributed by atoms with Crippen molar-refractivity contribution in [3.05, 3.63) is 82.4 Å². The zero-order valence-electron chi connectivity index (χ0n) is 22.6. The summed E-state index contributed by atoms with van der Waals surface area (Å²) < 4.78 is 20.7. The van der Waals surface area contributed by atoms with Gasteiger partial charge in [-0.3, -0.25) is 4.98 Å². The summed E-state index contributed by atoms with van der Waals surface area (Å²) in [5.41, 5.74) is 3.93. The summed E-state index contributed by atoms with van der Waals surface area (Å²) in [7, 11) is 0. The van der Waals surface area contributed by atoms with E-state index in [1.807, 2.05) is 25.1 Å². The molecule has 2 aromatic heterocycles. The number of hydrogen-bond acceptors (Lipinski definition) is 6. The second-order valence-corrected chi connectivity index (χ2v) is 12.4. The van der Waals surface area contributed by atoms with Crippen molar-refractivity contribution in [3.8, 4) is 11.5 Å². The highest BCUT2D eigenvalue weighted by atomic mass is 35.5. The molecule has 4 heterocycles. The lowest BCUT2D eigenvalue weighted by atomic mass is 9.93. The molecule has 0 amide bonds. The Morgan fingerprint density at radius 1 is 1.15 bits per heavy atom. The van der Waals surface area contributed by atoms with Crippen molar-refractivity contribution in [1.29, 1.82) is 0 Å². The largest absolute Gasteiger partial charge is 0.478 e. The number of aromatic carboxylic acids is 1. The van der Waals surface area contributed by atoms with Gasteiger partial charge in [-0.15, -0.1) is 0 Å². The van der Waals surface area contributed by atoms with Crippen molar-refractivity contribution in [2.45, 2.75) is 57.0 Å². The first-order chi connectivity index (χ1) is 19.9. The van der Waals surface area contributed by atoms with Gasteiger partial charge in [0.1, 0.15) is 11.5 Å². The molecule has 0 bridgehead atoms. The molecule has 210 valence electrons. The van der Waals surface area contributed by atoms with E-state index in [1.54, 1.807) is 24.4 Å². The maximum Gasteiger partial charge on any atom is 0.335 e. The quantitative estimate of drug-likeness (QED) is 0.282. The maximum atomic E-state index is 11.6. The minimum Gasteiger partial charge on any atom is -0.478 e. The van der Waals surface area contributed by atoms with Crippen molar-refractivity contribution in [1.82, 2.24) is 14.5 Å². The summed E-state index contributed by atoms with van der Waals surface area (Å²) in [6.45, 7) is 3.40. The van der Waals surface area contributed by atoms with Crippen LogP contribution in [0.25, 0.3) is 11.0 Å². The van der Waals surface area contributed by atoms with Crippen molar-refractivity contribution in [2.24, 2.45) is 17.8 Å². The highest BCUT2D eigenvalue weighted by Gasteiger charge is 2.58. The zero-order valence-corrected chi connectivity index (χ0v) is 23.4. The van der Waals surface area contributed by atoms with E-state index in [1.165, 1.54) is 5.56 Å². The lowest BCUT2D eigenvalue weighted by Gasteiger charge is -2.28. The number of rotatable bonds is 7. The molecular formula is C32H30ClN3O5. The van der Waals surface area contributed by atoms with Gasteiger partial charge in [0.25, 0.3) is 5.79 Å². The van der Waals surface area contributed by atoms with Crippen LogP contribution in [0.2, 0.25) is 5.02 Å². The van der Waals surface area contributed by atoms with Crippen LogP contribution in [-0.4, -0.2) is 38.3 Å². The number of aromatic nitrogens is 3. The number of imidazole rings is 1. The maximum absolute atomic E-state index is 11.6. The minimum atomic E-state index is -0.987. The van der Waals surface area contributed by atoms with E-state index in [2.05, 4.69) is 21.7 Å². The second-order valence-electron chi connectivity index (χ2n) is 12.0. The Balaban J connectivity index is 1.00. The molecule has 4 aromatic rings. The van der Waals surface area contributed by atoms with Gasteiger partial charge in [-0.2, -0.15) is 0 Å². The summed E-state index contributed by atoms with van der Waals surface area (Å²) in [6, 6.07) is 15.1. The Hall–Kier alpha value is -3.62. The molecule has 4 atom stereocenters. The third kappa shape index (κ3) is 4.18. The van der Waals surface area contributed by atoms with Gasteiger partial charge >= 0.3 is 5.97 Å². The highest BCUT2D eigenvalue weighted by molar-refractivity contribution is 6.30. The average molecular weight is 572 g/mol. The third-order valence-corrected chi connectivity index (χ3v) is 9.65. The summed E-state index contributed by atoms with van der Waals surface area (Å²) in [5, 5.41) is 10.1. The van der Waals surface area contributed by atoms with Crippen LogP contribution in [0.1, 0.15) is 59.5 Å². The molecule has 3 fully saturated rings. The standard InChI is InChI=1S/C32H30ClN3O5/c1-32(27-8-6-19(33)15-34-27)40-26-4-2-3-21(30(26)41-32)29-22-11-17(12-23(22)29)13-28-35-24-7-5-18(31(37)38)14-25(24)36(28)16-20-9-10-39-20/h2-8,14-15,17,20,22-23,29H,9-13,16H2,1H3,(H,37,38)/t17?,20-,22?,23?,29?,32+/m0/s1. The van der Waals surface area contributed by atoms with Gasteiger partial charge in [0.15, 0.2) is 11.5 Å². The normalized spacial score (nSPS) is 29.4. The van der Waals surface area contributed by atoms with E-state index < -0.39 is 11.8 Å². The van der Waals surface area contributed by atoms with Gasteiger partial charge in [0.05, 0.1) is 34.3 Å². The fourth-order valence-corrected chi connectivity index (χ4v) is 7.41. The predicted molar refractivity (Wildman–Crippen MR) is 151 cm³/mol. The zero-order chi connectivity index (χ0) is 27.9. The first kappa shape index (κ1) is 25.1. The first-order valence-corrected chi connectivity index (χ1v) is 14.7. The molecule has 0 radical (unpaired) electrons. The topological polar surface area (TPSA) is 95.7 Å². The molecule has 1 N–H and O–H groups in total. The highest BCUT2D eigenvalue weighted by Crippen LogP contribution is 2.67. The second kappa shape index (κ2) is 9.19. The van der Waals surface area contributed by atoms with E-state index in [4.69, 9.17) is 30.8 Å². The SMILES string of the molecule is C[C@@]1(c2ccc(Cl)cn2)Oc2cccc(C3C4CC(Cc5nc6ccc(C(=O)O)cc6n5C[C@@H]5CCO5)CC43)c2O1. The Bertz CT molecular complexity index is 1670. The van der Waals surface area contributed by atoms with E-state index >= 15 is 0 Å². The molecule has 2 aromatic carbocycles. The summed E-state index contributed by atoms with van der Waals surface area (Å²) in [5.74, 6) is 2.94. The number of hydrogen-bond donors (Lipinski definition) is 1. The number of carboxylic acid groups (broad SMARTS) is 1. The van der Waals surface area contributed by atoms with Crippen LogP contribution < -0.4 is 9.47 Å². The van der Waals surface area contributed by atoms with E-state index in [0.29, 0.717) is 40.9 Å². The number of halogens is 1. The number of carbonyl (C=O) groups is 1. The molecule has 2 aliphatic heterocycles. The Morgan fingerprint density at radius 3 is 2.68 bits per heavy atom. The molecule has 9 heteroatoms. The van der Waals surface area contributed by atoms with Crippen LogP contribution in [0.15, 0.2) is 54.7 Å². The fraction of sp³-hybridized carbons (Fsp3) is 0.406. The Labute approximate surface area is 242 Å². The van der Waals surface area contributed by atoms with Gasteiger partial charge in [-0.25, -0.2) is 9.78 Å². The number of fused-ring (bicyclic) bond motifs is 3. The molecular weight excluding hydrogens is 542 g/mol. The first-order valence-electron chi connectivity index (χ1n) is 14.3. The number of para-hydroxylation sites is 1. The van der Waals surface area contributed by atoms with Gasteiger partial charge in [-0.1, -0.05) is 23.7 Å². The Morgan fingerprint density at radius 2 is 1.98 bits per heavy atom. The van der Waals surface area contributed by atoms with Crippen LogP contribution in [0.5, 0.6) is 11.5 Å². The smallest absolute Gasteiger partial charge is 0.335 e. The van der Waals surface area contributed by atoms with Gasteiger partial charge in [0, 0.05) is 31.7 Å². The van der Waals surface area contributed by atoms with Crippen LogP contribution in [0.3, 0.4) is 0 Å². The average Bonchev–Trinajstić information content (AvgIpc) is 3.23. The van der Waals surface area contributed by atoms with Crippen LogP contribution in [0, 0.1) is 17.8 Å². The molecule has 2 saturated carbocycles. The van der Waals surface area contributed by atoms with Gasteiger partial charge in [-0.05, 0) is 79.3 Å². The molecule has 0 spiro atoms. The van der Waals surface area contributed by atoms with Crippen molar-refractivity contribution in [2.75, 3.05) is 6.61 Å². The van der Waals surface area contributed by atoms with E-state index in [0.717, 1.165) is 60.6 Å². The molecule has 1 saturated heterocycles. The molecule has 4 aliphatic rings. The molecule has 2 unspecified atom stereocenters. The number of pyridine rings is 1. The lowest BCUT2D eigenvalue weighted by molar-refractivity contribution is -0.0721. The number of carboxylic acids is 1. The van der Waals surface area contributed by atoms with Crippen LogP contribution >= 0.6 is 11.6 Å². The van der Waals surface area contributed by atoms with Crippen LogP contribution in [-0.2, 0) is 23.5 Å².